The number of benzene rings is 1. The molecular weight excluding hydrogens is 326 g/mol. The first-order valence-corrected chi connectivity index (χ1v) is 10.1. The first-order valence-electron chi connectivity index (χ1n) is 10.1. The highest BCUT2D eigenvalue weighted by atomic mass is 16.2. The number of nitrogens with zero attached hydrogens (tertiary/aromatic N) is 1. The van der Waals surface area contributed by atoms with Gasteiger partial charge in [0.1, 0.15) is 0 Å². The minimum Gasteiger partial charge on any atom is -0.370 e. The Morgan fingerprint density at radius 3 is 2.31 bits per heavy atom. The maximum absolute atomic E-state index is 12.8. The zero-order valence-corrected chi connectivity index (χ0v) is 15.4. The topological polar surface area (TPSA) is 75.4 Å². The van der Waals surface area contributed by atoms with Crippen LogP contribution in [0.25, 0.3) is 0 Å². The van der Waals surface area contributed by atoms with Crippen molar-refractivity contribution in [2.75, 3.05) is 23.3 Å². The fourth-order valence-electron chi connectivity index (χ4n) is 4.38. The average Bonchev–Trinajstić information content (AvgIpc) is 3.54. The van der Waals surface area contributed by atoms with Crippen molar-refractivity contribution in [1.29, 1.82) is 0 Å². The summed E-state index contributed by atoms with van der Waals surface area (Å²) in [6, 6.07) is 5.44. The van der Waals surface area contributed by atoms with Gasteiger partial charge in [0.15, 0.2) is 0 Å². The Morgan fingerprint density at radius 2 is 1.73 bits per heavy atom. The number of carbonyl (C=O) groups is 2. The average molecular weight is 355 g/mol. The lowest BCUT2D eigenvalue weighted by molar-refractivity contribution is -0.117. The van der Waals surface area contributed by atoms with Crippen LogP contribution in [0.2, 0.25) is 0 Å². The summed E-state index contributed by atoms with van der Waals surface area (Å²) in [6.07, 6.45) is 9.31. The van der Waals surface area contributed by atoms with Crippen LogP contribution in [0.15, 0.2) is 18.2 Å². The van der Waals surface area contributed by atoms with Gasteiger partial charge in [0.2, 0.25) is 11.8 Å². The van der Waals surface area contributed by atoms with E-state index < -0.39 is 5.91 Å². The second-order valence-electron chi connectivity index (χ2n) is 8.23. The van der Waals surface area contributed by atoms with E-state index in [4.69, 9.17) is 5.73 Å². The standard InChI is InChI=1S/C21H29N3O2/c22-21(26)16-8-9-19(24-10-2-1-3-11-24)18(12-16)23-20(25)13-17(14-4-5-14)15-6-7-15/h8-9,12,14-15,17H,1-7,10-11,13H2,(H2,22,26)(H,23,25). The molecule has 0 atom stereocenters. The third-order valence-corrected chi connectivity index (χ3v) is 6.13. The molecule has 1 saturated heterocycles. The Labute approximate surface area is 155 Å². The fourth-order valence-corrected chi connectivity index (χ4v) is 4.38. The summed E-state index contributed by atoms with van der Waals surface area (Å²) in [4.78, 5) is 26.7. The second-order valence-corrected chi connectivity index (χ2v) is 8.23. The lowest BCUT2D eigenvalue weighted by Crippen LogP contribution is -2.31. The minimum atomic E-state index is -0.459. The lowest BCUT2D eigenvalue weighted by Gasteiger charge is -2.31. The molecule has 5 nitrogen and oxygen atoms in total. The Hall–Kier alpha value is -2.04. The number of hydrogen-bond donors (Lipinski definition) is 2. The van der Waals surface area contributed by atoms with Crippen LogP contribution < -0.4 is 16.0 Å². The molecule has 0 spiro atoms. The zero-order chi connectivity index (χ0) is 18.1. The van der Waals surface area contributed by atoms with E-state index in [2.05, 4.69) is 10.2 Å². The van der Waals surface area contributed by atoms with Gasteiger partial charge in [-0.25, -0.2) is 0 Å². The first-order chi connectivity index (χ1) is 12.6. The van der Waals surface area contributed by atoms with Crippen molar-refractivity contribution in [3.05, 3.63) is 23.8 Å². The van der Waals surface area contributed by atoms with Gasteiger partial charge in [-0.2, -0.15) is 0 Å². The van der Waals surface area contributed by atoms with Crippen LogP contribution in [-0.4, -0.2) is 24.9 Å². The van der Waals surface area contributed by atoms with Crippen LogP contribution in [0, 0.1) is 17.8 Å². The smallest absolute Gasteiger partial charge is 0.248 e. The molecule has 1 aromatic rings. The number of nitrogens with two attached hydrogens (primary N) is 1. The maximum Gasteiger partial charge on any atom is 0.248 e. The predicted octanol–water partition coefficient (Wildman–Crippen LogP) is 3.54. The molecule has 2 saturated carbocycles. The molecule has 0 unspecified atom stereocenters. The fraction of sp³-hybridized carbons (Fsp3) is 0.619. The Morgan fingerprint density at radius 1 is 1.08 bits per heavy atom. The summed E-state index contributed by atoms with van der Waals surface area (Å²) in [5.41, 5.74) is 7.65. The molecule has 140 valence electrons. The van der Waals surface area contributed by atoms with Crippen LogP contribution >= 0.6 is 0 Å². The quantitative estimate of drug-likeness (QED) is 0.785. The van der Waals surface area contributed by atoms with Gasteiger partial charge in [-0.1, -0.05) is 0 Å². The summed E-state index contributed by atoms with van der Waals surface area (Å²) in [5.74, 6) is 1.68. The number of anilines is 2. The van der Waals surface area contributed by atoms with Crippen molar-refractivity contribution >= 4 is 23.2 Å². The number of amides is 2. The maximum atomic E-state index is 12.8. The largest absolute Gasteiger partial charge is 0.370 e. The van der Waals surface area contributed by atoms with E-state index >= 15 is 0 Å². The van der Waals surface area contributed by atoms with E-state index in [1.807, 2.05) is 6.07 Å². The van der Waals surface area contributed by atoms with Crippen molar-refractivity contribution in [3.63, 3.8) is 0 Å². The normalized spacial score (nSPS) is 20.3. The Bertz CT molecular complexity index is 676. The van der Waals surface area contributed by atoms with E-state index in [0.29, 0.717) is 17.9 Å². The monoisotopic (exact) mass is 355 g/mol. The molecule has 3 fully saturated rings. The van der Waals surface area contributed by atoms with E-state index in [-0.39, 0.29) is 5.91 Å². The summed E-state index contributed by atoms with van der Waals surface area (Å²) < 4.78 is 0. The molecule has 2 amide bonds. The molecule has 1 heterocycles. The third kappa shape index (κ3) is 4.02. The van der Waals surface area contributed by atoms with Crippen molar-refractivity contribution in [3.8, 4) is 0 Å². The van der Waals surface area contributed by atoms with Crippen LogP contribution in [0.1, 0.15) is 61.7 Å². The van der Waals surface area contributed by atoms with E-state index in [0.717, 1.165) is 49.1 Å². The van der Waals surface area contributed by atoms with E-state index in [1.165, 1.54) is 32.1 Å². The molecular formula is C21H29N3O2. The highest BCUT2D eigenvalue weighted by molar-refractivity contribution is 5.99. The summed E-state index contributed by atoms with van der Waals surface area (Å²) >= 11 is 0. The zero-order valence-electron chi connectivity index (χ0n) is 15.4. The van der Waals surface area contributed by atoms with Gasteiger partial charge in [0, 0.05) is 25.1 Å². The predicted molar refractivity (Wildman–Crippen MR) is 103 cm³/mol. The highest BCUT2D eigenvalue weighted by Gasteiger charge is 2.42. The number of rotatable bonds is 7. The van der Waals surface area contributed by atoms with Gasteiger partial charge in [0.05, 0.1) is 11.4 Å². The summed E-state index contributed by atoms with van der Waals surface area (Å²) in [6.45, 7) is 1.98. The number of primary amides is 1. The van der Waals surface area contributed by atoms with E-state index in [9.17, 15) is 9.59 Å². The molecule has 1 aliphatic heterocycles. The molecule has 26 heavy (non-hydrogen) atoms. The van der Waals surface area contributed by atoms with Gasteiger partial charge in [-0.3, -0.25) is 9.59 Å². The number of piperidine rings is 1. The van der Waals surface area contributed by atoms with Crippen molar-refractivity contribution in [1.82, 2.24) is 0 Å². The lowest BCUT2D eigenvalue weighted by atomic mass is 9.93. The summed E-state index contributed by atoms with van der Waals surface area (Å²) in [5, 5.41) is 3.11. The molecule has 1 aromatic carbocycles. The van der Waals surface area contributed by atoms with Crippen LogP contribution in [0.3, 0.4) is 0 Å². The molecule has 3 N–H and O–H groups in total. The molecule has 0 bridgehead atoms. The first kappa shape index (κ1) is 17.4. The number of carbonyl (C=O) groups excluding carboxylic acids is 2. The molecule has 0 radical (unpaired) electrons. The molecule has 0 aromatic heterocycles. The SMILES string of the molecule is NC(=O)c1ccc(N2CCCCC2)c(NC(=O)CC(C2CC2)C2CC2)c1. The van der Waals surface area contributed by atoms with Crippen molar-refractivity contribution < 1.29 is 9.59 Å². The highest BCUT2D eigenvalue weighted by Crippen LogP contribution is 2.50. The Balaban J connectivity index is 1.51. The van der Waals surface area contributed by atoms with Gasteiger partial charge in [-0.15, -0.1) is 0 Å². The van der Waals surface area contributed by atoms with Crippen LogP contribution in [0.4, 0.5) is 11.4 Å². The van der Waals surface area contributed by atoms with Gasteiger partial charge >= 0.3 is 0 Å². The molecule has 3 aliphatic rings. The number of nitrogens with one attached hydrogen (secondary N) is 1. The second kappa shape index (κ2) is 7.29. The molecule has 5 heteroatoms. The summed E-state index contributed by atoms with van der Waals surface area (Å²) in [7, 11) is 0. The van der Waals surface area contributed by atoms with Crippen LogP contribution in [-0.2, 0) is 4.79 Å². The van der Waals surface area contributed by atoms with Gasteiger partial charge < -0.3 is 16.0 Å². The molecule has 2 aliphatic carbocycles. The van der Waals surface area contributed by atoms with Crippen molar-refractivity contribution in [2.45, 2.75) is 51.4 Å². The number of hydrogen-bond acceptors (Lipinski definition) is 3. The van der Waals surface area contributed by atoms with Gasteiger partial charge in [-0.05, 0) is 80.9 Å². The molecule has 4 rings (SSSR count). The van der Waals surface area contributed by atoms with E-state index in [1.54, 1.807) is 12.1 Å². The van der Waals surface area contributed by atoms with Gasteiger partial charge in [0.25, 0.3) is 0 Å². The van der Waals surface area contributed by atoms with Crippen molar-refractivity contribution in [2.24, 2.45) is 23.5 Å². The van der Waals surface area contributed by atoms with Crippen LogP contribution in [0.5, 0.6) is 0 Å². The third-order valence-electron chi connectivity index (χ3n) is 6.13. The Kier molecular flexibility index (Phi) is 4.88. The minimum absolute atomic E-state index is 0.0775.